The van der Waals surface area contributed by atoms with E-state index in [1.165, 1.54) is 31.2 Å². The lowest BCUT2D eigenvalue weighted by Gasteiger charge is -2.22. The minimum Gasteiger partial charge on any atom is -0.369 e. The van der Waals surface area contributed by atoms with Crippen LogP contribution in [0.2, 0.25) is 5.02 Å². The van der Waals surface area contributed by atoms with Crippen molar-refractivity contribution in [2.45, 2.75) is 31.1 Å². The molecule has 0 aromatic carbocycles. The first-order chi connectivity index (χ1) is 6.82. The Morgan fingerprint density at radius 3 is 2.93 bits per heavy atom. The van der Waals surface area contributed by atoms with Crippen LogP contribution in [0.3, 0.4) is 0 Å². The Balaban J connectivity index is 2.16. The van der Waals surface area contributed by atoms with Gasteiger partial charge in [-0.1, -0.05) is 24.4 Å². The monoisotopic (exact) mass is 208 g/mol. The Morgan fingerprint density at radius 2 is 2.14 bits per heavy atom. The number of nitrogens with one attached hydrogen (secondary N) is 1. The van der Waals surface area contributed by atoms with Crippen molar-refractivity contribution in [3.8, 4) is 0 Å². The third kappa shape index (κ3) is 1.01. The van der Waals surface area contributed by atoms with E-state index in [4.69, 9.17) is 11.6 Å². The quantitative estimate of drug-likeness (QED) is 0.709. The van der Waals surface area contributed by atoms with E-state index in [1.807, 2.05) is 6.07 Å². The SMILES string of the molecule is Clc1ccnc2c1C1(CCCC1)CN2. The van der Waals surface area contributed by atoms with Crippen LogP contribution in [0.1, 0.15) is 31.2 Å². The molecule has 2 heterocycles. The van der Waals surface area contributed by atoms with E-state index in [0.717, 1.165) is 17.4 Å². The predicted molar refractivity (Wildman–Crippen MR) is 57.9 cm³/mol. The molecule has 0 bridgehead atoms. The van der Waals surface area contributed by atoms with Gasteiger partial charge in [-0.25, -0.2) is 4.98 Å². The zero-order chi connectivity index (χ0) is 9.60. The number of fused-ring (bicyclic) bond motifs is 2. The van der Waals surface area contributed by atoms with Gasteiger partial charge in [0, 0.05) is 28.7 Å². The van der Waals surface area contributed by atoms with Crippen LogP contribution in [0.15, 0.2) is 12.3 Å². The fraction of sp³-hybridized carbons (Fsp3) is 0.545. The minimum absolute atomic E-state index is 0.306. The zero-order valence-electron chi connectivity index (χ0n) is 8.02. The lowest BCUT2D eigenvalue weighted by Crippen LogP contribution is -2.24. The molecule has 1 saturated carbocycles. The van der Waals surface area contributed by atoms with Crippen LogP contribution < -0.4 is 5.32 Å². The van der Waals surface area contributed by atoms with Crippen LogP contribution in [0.4, 0.5) is 5.82 Å². The van der Waals surface area contributed by atoms with E-state index < -0.39 is 0 Å². The van der Waals surface area contributed by atoms with E-state index >= 15 is 0 Å². The summed E-state index contributed by atoms with van der Waals surface area (Å²) in [6, 6.07) is 1.91. The molecule has 1 spiro atoms. The summed E-state index contributed by atoms with van der Waals surface area (Å²) in [5.74, 6) is 1.01. The highest BCUT2D eigenvalue weighted by Gasteiger charge is 2.43. The van der Waals surface area contributed by atoms with Gasteiger partial charge >= 0.3 is 0 Å². The molecule has 14 heavy (non-hydrogen) atoms. The second-order valence-corrected chi connectivity index (χ2v) is 4.76. The number of anilines is 1. The fourth-order valence-corrected chi connectivity index (χ4v) is 3.24. The highest BCUT2D eigenvalue weighted by atomic mass is 35.5. The zero-order valence-corrected chi connectivity index (χ0v) is 8.77. The Morgan fingerprint density at radius 1 is 1.36 bits per heavy atom. The van der Waals surface area contributed by atoms with Crippen LogP contribution in [-0.2, 0) is 5.41 Å². The molecule has 0 saturated heterocycles. The van der Waals surface area contributed by atoms with Crippen molar-refractivity contribution in [3.63, 3.8) is 0 Å². The molecular weight excluding hydrogens is 196 g/mol. The van der Waals surface area contributed by atoms with Crippen molar-refractivity contribution in [2.24, 2.45) is 0 Å². The van der Waals surface area contributed by atoms with Crippen LogP contribution in [0.25, 0.3) is 0 Å². The molecule has 0 radical (unpaired) electrons. The normalized spacial score (nSPS) is 22.4. The van der Waals surface area contributed by atoms with Gasteiger partial charge in [0.2, 0.25) is 0 Å². The van der Waals surface area contributed by atoms with Gasteiger partial charge in [0.15, 0.2) is 0 Å². The topological polar surface area (TPSA) is 24.9 Å². The van der Waals surface area contributed by atoms with Crippen molar-refractivity contribution in [2.75, 3.05) is 11.9 Å². The average Bonchev–Trinajstić information content (AvgIpc) is 2.77. The Labute approximate surface area is 88.7 Å². The number of rotatable bonds is 0. The summed E-state index contributed by atoms with van der Waals surface area (Å²) in [6.07, 6.45) is 6.96. The third-order valence-corrected chi connectivity index (χ3v) is 3.90. The molecule has 0 amide bonds. The van der Waals surface area contributed by atoms with Gasteiger partial charge in [-0.15, -0.1) is 0 Å². The Bertz CT molecular complexity index is 370. The Kier molecular flexibility index (Phi) is 1.75. The standard InChI is InChI=1S/C11H13ClN2/c12-8-3-6-13-10-9(8)11(7-14-10)4-1-2-5-11/h3,6H,1-2,4-5,7H2,(H,13,14). The van der Waals surface area contributed by atoms with Crippen molar-refractivity contribution in [1.82, 2.24) is 4.98 Å². The smallest absolute Gasteiger partial charge is 0.131 e. The first kappa shape index (κ1) is 8.54. The minimum atomic E-state index is 0.306. The fourth-order valence-electron chi connectivity index (χ4n) is 2.90. The summed E-state index contributed by atoms with van der Waals surface area (Å²) in [7, 11) is 0. The van der Waals surface area contributed by atoms with E-state index in [1.54, 1.807) is 6.20 Å². The van der Waals surface area contributed by atoms with Crippen LogP contribution in [-0.4, -0.2) is 11.5 Å². The average molecular weight is 209 g/mol. The van der Waals surface area contributed by atoms with Crippen molar-refractivity contribution < 1.29 is 0 Å². The molecule has 2 nitrogen and oxygen atoms in total. The molecule has 0 atom stereocenters. The summed E-state index contributed by atoms with van der Waals surface area (Å²) in [5.41, 5.74) is 1.58. The highest BCUT2D eigenvalue weighted by Crippen LogP contribution is 2.49. The van der Waals surface area contributed by atoms with Crippen LogP contribution >= 0.6 is 11.6 Å². The summed E-state index contributed by atoms with van der Waals surface area (Å²) in [5, 5.41) is 4.27. The number of hydrogen-bond donors (Lipinski definition) is 1. The summed E-state index contributed by atoms with van der Waals surface area (Å²) < 4.78 is 0. The molecule has 1 aliphatic carbocycles. The molecule has 0 unspecified atom stereocenters. The van der Waals surface area contributed by atoms with Crippen molar-refractivity contribution in [3.05, 3.63) is 22.8 Å². The lowest BCUT2D eigenvalue weighted by atomic mass is 9.81. The largest absolute Gasteiger partial charge is 0.369 e. The number of nitrogens with zero attached hydrogens (tertiary/aromatic N) is 1. The molecule has 74 valence electrons. The van der Waals surface area contributed by atoms with Crippen LogP contribution in [0.5, 0.6) is 0 Å². The van der Waals surface area contributed by atoms with Gasteiger partial charge in [-0.2, -0.15) is 0 Å². The van der Waals surface area contributed by atoms with Gasteiger partial charge in [0.05, 0.1) is 0 Å². The third-order valence-electron chi connectivity index (χ3n) is 3.59. The molecule has 1 fully saturated rings. The molecule has 1 N–H and O–H groups in total. The number of aromatic nitrogens is 1. The maximum atomic E-state index is 6.26. The highest BCUT2D eigenvalue weighted by molar-refractivity contribution is 6.31. The molecule has 3 heteroatoms. The van der Waals surface area contributed by atoms with Crippen molar-refractivity contribution in [1.29, 1.82) is 0 Å². The molecule has 3 rings (SSSR count). The van der Waals surface area contributed by atoms with E-state index in [-0.39, 0.29) is 0 Å². The van der Waals surface area contributed by atoms with E-state index in [0.29, 0.717) is 5.41 Å². The molecule has 1 aliphatic heterocycles. The summed E-state index contributed by atoms with van der Waals surface area (Å²) in [4.78, 5) is 4.34. The second-order valence-electron chi connectivity index (χ2n) is 4.36. The number of halogens is 1. The van der Waals surface area contributed by atoms with Gasteiger partial charge in [0.1, 0.15) is 5.82 Å². The van der Waals surface area contributed by atoms with Crippen molar-refractivity contribution >= 4 is 17.4 Å². The molecule has 1 aromatic heterocycles. The molecule has 1 aromatic rings. The molecule has 2 aliphatic rings. The number of hydrogen-bond acceptors (Lipinski definition) is 2. The van der Waals surface area contributed by atoms with Gasteiger partial charge < -0.3 is 5.32 Å². The van der Waals surface area contributed by atoms with Gasteiger partial charge in [-0.05, 0) is 18.9 Å². The predicted octanol–water partition coefficient (Wildman–Crippen LogP) is 2.97. The van der Waals surface area contributed by atoms with Crippen LogP contribution in [0, 0.1) is 0 Å². The number of pyridine rings is 1. The second kappa shape index (κ2) is 2.86. The first-order valence-electron chi connectivity index (χ1n) is 5.21. The van der Waals surface area contributed by atoms with E-state index in [9.17, 15) is 0 Å². The van der Waals surface area contributed by atoms with E-state index in [2.05, 4.69) is 10.3 Å². The molecular formula is C11H13ClN2. The maximum absolute atomic E-state index is 6.26. The van der Waals surface area contributed by atoms with Gasteiger partial charge in [0.25, 0.3) is 0 Å². The lowest BCUT2D eigenvalue weighted by molar-refractivity contribution is 0.489. The maximum Gasteiger partial charge on any atom is 0.131 e. The Hall–Kier alpha value is -0.760. The van der Waals surface area contributed by atoms with Gasteiger partial charge in [-0.3, -0.25) is 0 Å². The summed E-state index contributed by atoms with van der Waals surface area (Å²) in [6.45, 7) is 1.03. The first-order valence-corrected chi connectivity index (χ1v) is 5.58. The summed E-state index contributed by atoms with van der Waals surface area (Å²) >= 11 is 6.26.